The van der Waals surface area contributed by atoms with Crippen molar-refractivity contribution in [1.29, 1.82) is 0 Å². The maximum Gasteiger partial charge on any atom is 0.333 e. The molecule has 2 amide bonds. The average molecular weight is 506 g/mol. The zero-order chi connectivity index (χ0) is 24.5. The van der Waals surface area contributed by atoms with Crippen LogP contribution in [-0.4, -0.2) is 83.8 Å². The first-order chi connectivity index (χ1) is 17.7. The highest BCUT2D eigenvalue weighted by atomic mass is 32.2. The molecule has 11 heteroatoms. The number of morpholine rings is 1. The minimum absolute atomic E-state index is 0.148. The molecule has 0 unspecified atom stereocenters. The lowest BCUT2D eigenvalue weighted by molar-refractivity contribution is 0.0207. The number of nitrogens with zero attached hydrogens (tertiary/aromatic N) is 3. The number of aromatic nitrogens is 2. The van der Waals surface area contributed by atoms with Gasteiger partial charge < -0.3 is 15.4 Å². The summed E-state index contributed by atoms with van der Waals surface area (Å²) in [6.45, 7) is 6.38. The lowest BCUT2D eigenvalue weighted by Crippen LogP contribution is -2.49. The van der Waals surface area contributed by atoms with E-state index < -0.39 is 0 Å². The topological polar surface area (TPSA) is 115 Å². The Kier molecular flexibility index (Phi) is 6.46. The van der Waals surface area contributed by atoms with Gasteiger partial charge in [-0.05, 0) is 30.1 Å². The van der Waals surface area contributed by atoms with Gasteiger partial charge in [0.25, 0.3) is 0 Å². The first-order valence-electron chi connectivity index (χ1n) is 12.1. The molecule has 4 N–H and O–H groups in total. The van der Waals surface area contributed by atoms with Gasteiger partial charge in [0.05, 0.1) is 35.7 Å². The van der Waals surface area contributed by atoms with Crippen LogP contribution < -0.4 is 16.1 Å². The molecule has 36 heavy (non-hydrogen) atoms. The van der Waals surface area contributed by atoms with E-state index in [1.165, 1.54) is 0 Å². The van der Waals surface area contributed by atoms with E-state index in [9.17, 15) is 9.59 Å². The molecule has 10 nitrogen and oxygen atoms in total. The van der Waals surface area contributed by atoms with Crippen LogP contribution in [0.2, 0.25) is 0 Å². The molecule has 0 spiro atoms. The summed E-state index contributed by atoms with van der Waals surface area (Å²) in [5.74, 6) is -0.148. The lowest BCUT2D eigenvalue weighted by Gasteiger charge is -2.27. The predicted molar refractivity (Wildman–Crippen MR) is 138 cm³/mol. The maximum atomic E-state index is 13.6. The number of carbonyl (C=O) groups excluding carboxylic acids is 2. The number of ketones is 1. The molecule has 186 valence electrons. The molecule has 3 aromatic rings. The van der Waals surface area contributed by atoms with Crippen molar-refractivity contribution in [3.8, 4) is 22.5 Å². The van der Waals surface area contributed by atoms with E-state index in [2.05, 4.69) is 42.7 Å². The van der Waals surface area contributed by atoms with Crippen molar-refractivity contribution in [2.24, 2.45) is 0 Å². The van der Waals surface area contributed by atoms with Gasteiger partial charge in [0.2, 0.25) is 0 Å². The third kappa shape index (κ3) is 4.51. The van der Waals surface area contributed by atoms with Gasteiger partial charge in [-0.15, -0.1) is 0 Å². The normalized spacial score (nSPS) is 18.1. The molecule has 6 rings (SSSR count). The number of carbonyl (C=O) groups is 2. The first-order valence-corrected chi connectivity index (χ1v) is 12.9. The number of piperazine rings is 1. The van der Waals surface area contributed by atoms with Gasteiger partial charge >= 0.3 is 6.03 Å². The third-order valence-electron chi connectivity index (χ3n) is 6.51. The van der Waals surface area contributed by atoms with Gasteiger partial charge in [0.1, 0.15) is 5.69 Å². The Bertz CT molecular complexity index is 1280. The van der Waals surface area contributed by atoms with Gasteiger partial charge in [-0.2, -0.15) is 5.10 Å². The average Bonchev–Trinajstić information content (AvgIpc) is 3.46. The van der Waals surface area contributed by atoms with E-state index >= 15 is 0 Å². The molecule has 0 atom stereocenters. The number of nitrogens with one attached hydrogen (secondary N) is 4. The standard InChI is InChI=1S/C25H27N7O3S/c33-24-20-18(2-1-3-19(20)27-25(34)30-31-12-14-35-15-13-31)23-21(24)22(28-29-23)16-4-6-17(7-5-16)36-32-10-8-26-9-11-32/h1-7,26H,8-15H2,(H,28,29)(H2,27,30,34). The Hall–Kier alpha value is -3.22. The van der Waals surface area contributed by atoms with Gasteiger partial charge in [0.15, 0.2) is 5.78 Å². The van der Waals surface area contributed by atoms with Crippen LogP contribution >= 0.6 is 11.9 Å². The number of fused-ring (bicyclic) bond motifs is 3. The van der Waals surface area contributed by atoms with Crippen molar-refractivity contribution < 1.29 is 14.3 Å². The van der Waals surface area contributed by atoms with E-state index in [-0.39, 0.29) is 11.8 Å². The zero-order valence-electron chi connectivity index (χ0n) is 19.7. The summed E-state index contributed by atoms with van der Waals surface area (Å²) in [4.78, 5) is 27.4. The molecule has 2 aliphatic heterocycles. The van der Waals surface area contributed by atoms with Gasteiger partial charge in [0, 0.05) is 55.3 Å². The second-order valence-electron chi connectivity index (χ2n) is 8.84. The second-order valence-corrected chi connectivity index (χ2v) is 10.0. The fraction of sp³-hybridized carbons (Fsp3) is 0.320. The second kappa shape index (κ2) is 10.0. The molecule has 2 saturated heterocycles. The number of aromatic amines is 1. The number of hydrogen-bond acceptors (Lipinski definition) is 8. The quantitative estimate of drug-likeness (QED) is 0.306. The number of benzene rings is 2. The van der Waals surface area contributed by atoms with Gasteiger partial charge in [-0.3, -0.25) is 15.3 Å². The Labute approximate surface area is 212 Å². The third-order valence-corrected chi connectivity index (χ3v) is 7.62. The van der Waals surface area contributed by atoms with Crippen LogP contribution in [0.25, 0.3) is 22.5 Å². The Morgan fingerprint density at radius 1 is 1.00 bits per heavy atom. The summed E-state index contributed by atoms with van der Waals surface area (Å²) >= 11 is 1.75. The van der Waals surface area contributed by atoms with E-state index in [4.69, 9.17) is 4.74 Å². The fourth-order valence-corrected chi connectivity index (χ4v) is 5.65. The molecule has 3 heterocycles. The number of rotatable bonds is 5. The van der Waals surface area contributed by atoms with Crippen molar-refractivity contribution in [2.75, 3.05) is 57.8 Å². The summed E-state index contributed by atoms with van der Waals surface area (Å²) in [6, 6.07) is 13.2. The predicted octanol–water partition coefficient (Wildman–Crippen LogP) is 2.57. The minimum atomic E-state index is -0.385. The highest BCUT2D eigenvalue weighted by Gasteiger charge is 2.35. The smallest absolute Gasteiger partial charge is 0.333 e. The SMILES string of the molecule is O=C(Nc1cccc2c1C(=O)c1c(-c3ccc(SN4CCNCC4)cc3)n[nH]c1-2)NN1CCOCC1. The van der Waals surface area contributed by atoms with Gasteiger partial charge in [-0.25, -0.2) is 14.1 Å². The van der Waals surface area contributed by atoms with E-state index in [1.54, 1.807) is 23.0 Å². The number of urea groups is 1. The van der Waals surface area contributed by atoms with Crippen LogP contribution in [0.4, 0.5) is 10.5 Å². The van der Waals surface area contributed by atoms with Crippen molar-refractivity contribution >= 4 is 29.4 Å². The zero-order valence-corrected chi connectivity index (χ0v) is 20.5. The number of anilines is 1. The van der Waals surface area contributed by atoms with Crippen molar-refractivity contribution in [2.45, 2.75) is 4.90 Å². The lowest BCUT2D eigenvalue weighted by atomic mass is 10.0. The number of H-pyrrole nitrogens is 1. The molecule has 2 fully saturated rings. The highest BCUT2D eigenvalue weighted by molar-refractivity contribution is 7.97. The van der Waals surface area contributed by atoms with E-state index in [0.717, 1.165) is 42.2 Å². The summed E-state index contributed by atoms with van der Waals surface area (Å²) in [6.07, 6.45) is 0. The van der Waals surface area contributed by atoms with Crippen LogP contribution in [0.15, 0.2) is 47.4 Å². The molecule has 1 aromatic heterocycles. The molecule has 2 aromatic carbocycles. The summed E-state index contributed by atoms with van der Waals surface area (Å²) in [7, 11) is 0. The van der Waals surface area contributed by atoms with Crippen LogP contribution in [0.5, 0.6) is 0 Å². The van der Waals surface area contributed by atoms with Crippen molar-refractivity contribution in [3.05, 3.63) is 53.6 Å². The van der Waals surface area contributed by atoms with E-state index in [1.807, 2.05) is 24.3 Å². The molecule has 1 aliphatic carbocycles. The van der Waals surface area contributed by atoms with Crippen molar-refractivity contribution in [1.82, 2.24) is 30.3 Å². The Morgan fingerprint density at radius 3 is 2.56 bits per heavy atom. The molecule has 0 radical (unpaired) electrons. The van der Waals surface area contributed by atoms with E-state index in [0.29, 0.717) is 54.5 Å². The maximum absolute atomic E-state index is 13.6. The molecular weight excluding hydrogens is 478 g/mol. The molecule has 0 saturated carbocycles. The largest absolute Gasteiger partial charge is 0.379 e. The molecule has 3 aliphatic rings. The fourth-order valence-electron chi connectivity index (χ4n) is 4.73. The van der Waals surface area contributed by atoms with Crippen molar-refractivity contribution in [3.63, 3.8) is 0 Å². The monoisotopic (exact) mass is 505 g/mol. The highest BCUT2D eigenvalue weighted by Crippen LogP contribution is 2.43. The Morgan fingerprint density at radius 2 is 1.78 bits per heavy atom. The molecular formula is C25H27N7O3S. The van der Waals surface area contributed by atoms with Crippen LogP contribution in [0, 0.1) is 0 Å². The van der Waals surface area contributed by atoms with Gasteiger partial charge in [-0.1, -0.05) is 24.3 Å². The minimum Gasteiger partial charge on any atom is -0.379 e. The summed E-state index contributed by atoms with van der Waals surface area (Å²) in [5.41, 5.74) is 7.22. The van der Waals surface area contributed by atoms with Crippen LogP contribution in [0.1, 0.15) is 15.9 Å². The number of amides is 2. The van der Waals surface area contributed by atoms with Crippen LogP contribution in [0.3, 0.4) is 0 Å². The van der Waals surface area contributed by atoms with Crippen LogP contribution in [-0.2, 0) is 4.74 Å². The first kappa shape index (κ1) is 23.2. The Balaban J connectivity index is 1.21. The summed E-state index contributed by atoms with van der Waals surface area (Å²) < 4.78 is 7.67. The molecule has 0 bridgehead atoms. The number of hydrazine groups is 1. The number of ether oxygens (including phenoxy) is 1. The summed E-state index contributed by atoms with van der Waals surface area (Å²) in [5, 5.41) is 15.6. The number of hydrogen-bond donors (Lipinski definition) is 4.